The third-order valence-corrected chi connectivity index (χ3v) is 3.90. The van der Waals surface area contributed by atoms with Gasteiger partial charge in [0.15, 0.2) is 0 Å². The Balaban J connectivity index is 1.57. The Morgan fingerprint density at radius 2 is 1.43 bits per heavy atom. The lowest BCUT2D eigenvalue weighted by molar-refractivity contribution is 0.126. The molecule has 1 saturated carbocycles. The Hall–Kier alpha value is -2.00. The maximum absolute atomic E-state index is 9.53. The van der Waals surface area contributed by atoms with E-state index in [-0.39, 0.29) is 6.10 Å². The zero-order valence-electron chi connectivity index (χ0n) is 12.0. The van der Waals surface area contributed by atoms with Gasteiger partial charge in [0.25, 0.3) is 0 Å². The molecule has 0 saturated heterocycles. The van der Waals surface area contributed by atoms with Gasteiger partial charge in [-0.3, -0.25) is 0 Å². The minimum absolute atomic E-state index is 0.107. The summed E-state index contributed by atoms with van der Waals surface area (Å²) in [6.45, 7) is 0. The first-order valence-corrected chi connectivity index (χ1v) is 7.57. The predicted octanol–water partition coefficient (Wildman–Crippen LogP) is 4.19. The summed E-state index contributed by atoms with van der Waals surface area (Å²) in [5, 5.41) is 13.1. The fourth-order valence-electron chi connectivity index (χ4n) is 2.70. The summed E-state index contributed by atoms with van der Waals surface area (Å²) in [6, 6.07) is 18.3. The quantitative estimate of drug-likeness (QED) is 0.884. The maximum Gasteiger partial charge on any atom is 0.127 e. The van der Waals surface area contributed by atoms with Crippen LogP contribution in [-0.2, 0) is 0 Å². The highest BCUT2D eigenvalue weighted by Crippen LogP contribution is 2.25. The average Bonchev–Trinajstić information content (AvgIpc) is 2.53. The number of aliphatic hydroxyl groups is 1. The molecule has 3 heteroatoms. The summed E-state index contributed by atoms with van der Waals surface area (Å²) in [6.07, 6.45) is 3.75. The van der Waals surface area contributed by atoms with E-state index in [4.69, 9.17) is 4.74 Å². The van der Waals surface area contributed by atoms with Crippen molar-refractivity contribution in [3.05, 3.63) is 54.6 Å². The molecule has 0 radical (unpaired) electrons. The van der Waals surface area contributed by atoms with Gasteiger partial charge >= 0.3 is 0 Å². The summed E-state index contributed by atoms with van der Waals surface area (Å²) >= 11 is 0. The minimum Gasteiger partial charge on any atom is -0.457 e. The zero-order valence-corrected chi connectivity index (χ0v) is 12.0. The molecule has 1 aliphatic carbocycles. The number of aliphatic hydroxyl groups excluding tert-OH is 1. The molecule has 3 nitrogen and oxygen atoms in total. The smallest absolute Gasteiger partial charge is 0.127 e. The third kappa shape index (κ3) is 3.99. The molecular formula is C18H21NO2. The van der Waals surface area contributed by atoms with E-state index in [1.54, 1.807) is 0 Å². The molecule has 0 unspecified atom stereocenters. The van der Waals surface area contributed by atoms with E-state index < -0.39 is 0 Å². The van der Waals surface area contributed by atoms with Gasteiger partial charge in [-0.05, 0) is 62.1 Å². The molecule has 1 fully saturated rings. The second-order valence-electron chi connectivity index (χ2n) is 5.59. The summed E-state index contributed by atoms with van der Waals surface area (Å²) in [7, 11) is 0. The van der Waals surface area contributed by atoms with E-state index in [0.717, 1.165) is 42.9 Å². The van der Waals surface area contributed by atoms with Crippen LogP contribution in [0.5, 0.6) is 11.5 Å². The van der Waals surface area contributed by atoms with Gasteiger partial charge in [0.1, 0.15) is 11.5 Å². The lowest BCUT2D eigenvalue weighted by Crippen LogP contribution is -2.28. The fraction of sp³-hybridized carbons (Fsp3) is 0.333. The van der Waals surface area contributed by atoms with Gasteiger partial charge in [0.2, 0.25) is 0 Å². The molecule has 0 atom stereocenters. The van der Waals surface area contributed by atoms with Crippen molar-refractivity contribution in [2.75, 3.05) is 5.32 Å². The first-order valence-electron chi connectivity index (χ1n) is 7.57. The Kier molecular flexibility index (Phi) is 4.41. The second-order valence-corrected chi connectivity index (χ2v) is 5.59. The van der Waals surface area contributed by atoms with Crippen molar-refractivity contribution < 1.29 is 9.84 Å². The molecule has 2 N–H and O–H groups in total. The van der Waals surface area contributed by atoms with Crippen LogP contribution in [0.15, 0.2) is 54.6 Å². The molecule has 0 spiro atoms. The Bertz CT molecular complexity index is 545. The molecule has 110 valence electrons. The van der Waals surface area contributed by atoms with Gasteiger partial charge in [-0.15, -0.1) is 0 Å². The van der Waals surface area contributed by atoms with E-state index in [0.29, 0.717) is 6.04 Å². The van der Waals surface area contributed by atoms with Crippen molar-refractivity contribution >= 4 is 5.69 Å². The first-order chi connectivity index (χ1) is 10.3. The Labute approximate surface area is 125 Å². The Morgan fingerprint density at radius 1 is 0.810 bits per heavy atom. The topological polar surface area (TPSA) is 41.5 Å². The highest BCUT2D eigenvalue weighted by molar-refractivity contribution is 5.48. The molecule has 0 aliphatic heterocycles. The maximum atomic E-state index is 9.53. The first kappa shape index (κ1) is 14.0. The third-order valence-electron chi connectivity index (χ3n) is 3.90. The predicted molar refractivity (Wildman–Crippen MR) is 84.8 cm³/mol. The van der Waals surface area contributed by atoms with Gasteiger partial charge in [-0.2, -0.15) is 0 Å². The van der Waals surface area contributed by atoms with Crippen LogP contribution < -0.4 is 10.1 Å². The lowest BCUT2D eigenvalue weighted by atomic mass is 9.93. The number of hydrogen-bond donors (Lipinski definition) is 2. The number of hydrogen-bond acceptors (Lipinski definition) is 3. The number of benzene rings is 2. The van der Waals surface area contributed by atoms with Gasteiger partial charge in [0.05, 0.1) is 6.10 Å². The number of ether oxygens (including phenoxy) is 1. The fourth-order valence-corrected chi connectivity index (χ4v) is 2.70. The number of rotatable bonds is 4. The lowest BCUT2D eigenvalue weighted by Gasteiger charge is -2.27. The highest BCUT2D eigenvalue weighted by atomic mass is 16.5. The van der Waals surface area contributed by atoms with Crippen LogP contribution in [0.25, 0.3) is 0 Å². The molecule has 0 heterocycles. The number of anilines is 1. The molecule has 0 bridgehead atoms. The standard InChI is InChI=1S/C18H21NO2/c20-16-10-6-14(7-11-16)19-15-8-12-18(13-9-15)21-17-4-2-1-3-5-17/h1-5,8-9,12-14,16,19-20H,6-7,10-11H2. The van der Waals surface area contributed by atoms with E-state index in [1.807, 2.05) is 54.6 Å². The average molecular weight is 283 g/mol. The number of nitrogens with one attached hydrogen (secondary N) is 1. The zero-order chi connectivity index (χ0) is 14.5. The molecule has 3 rings (SSSR count). The van der Waals surface area contributed by atoms with Gasteiger partial charge in [-0.25, -0.2) is 0 Å². The van der Waals surface area contributed by atoms with Crippen LogP contribution in [0.4, 0.5) is 5.69 Å². The largest absolute Gasteiger partial charge is 0.457 e. The molecule has 0 amide bonds. The van der Waals surface area contributed by atoms with Gasteiger partial charge in [-0.1, -0.05) is 18.2 Å². The van der Waals surface area contributed by atoms with Crippen LogP contribution in [-0.4, -0.2) is 17.3 Å². The molecule has 1 aliphatic rings. The van der Waals surface area contributed by atoms with Crippen LogP contribution in [0.3, 0.4) is 0 Å². The van der Waals surface area contributed by atoms with Crippen molar-refractivity contribution in [2.24, 2.45) is 0 Å². The van der Waals surface area contributed by atoms with E-state index in [9.17, 15) is 5.11 Å². The molecule has 0 aromatic heterocycles. The van der Waals surface area contributed by atoms with E-state index >= 15 is 0 Å². The van der Waals surface area contributed by atoms with Crippen molar-refractivity contribution in [3.63, 3.8) is 0 Å². The van der Waals surface area contributed by atoms with Crippen molar-refractivity contribution in [1.82, 2.24) is 0 Å². The highest BCUT2D eigenvalue weighted by Gasteiger charge is 2.18. The molecule has 2 aromatic rings. The summed E-state index contributed by atoms with van der Waals surface area (Å²) in [5.41, 5.74) is 1.11. The van der Waals surface area contributed by atoms with Crippen LogP contribution in [0.2, 0.25) is 0 Å². The van der Waals surface area contributed by atoms with Gasteiger partial charge < -0.3 is 15.2 Å². The normalized spacial score (nSPS) is 21.8. The summed E-state index contributed by atoms with van der Waals surface area (Å²) in [4.78, 5) is 0. The van der Waals surface area contributed by atoms with Crippen LogP contribution in [0, 0.1) is 0 Å². The summed E-state index contributed by atoms with van der Waals surface area (Å²) in [5.74, 6) is 1.69. The monoisotopic (exact) mass is 283 g/mol. The Morgan fingerprint density at radius 3 is 2.10 bits per heavy atom. The number of para-hydroxylation sites is 1. The SMILES string of the molecule is OC1CCC(Nc2ccc(Oc3ccccc3)cc2)CC1. The van der Waals surface area contributed by atoms with Gasteiger partial charge in [0, 0.05) is 11.7 Å². The van der Waals surface area contributed by atoms with E-state index in [2.05, 4.69) is 5.32 Å². The van der Waals surface area contributed by atoms with Crippen molar-refractivity contribution in [1.29, 1.82) is 0 Å². The van der Waals surface area contributed by atoms with E-state index in [1.165, 1.54) is 0 Å². The second kappa shape index (κ2) is 6.64. The summed E-state index contributed by atoms with van der Waals surface area (Å²) < 4.78 is 5.78. The van der Waals surface area contributed by atoms with Crippen LogP contribution >= 0.6 is 0 Å². The van der Waals surface area contributed by atoms with Crippen molar-refractivity contribution in [2.45, 2.75) is 37.8 Å². The molecular weight excluding hydrogens is 262 g/mol. The van der Waals surface area contributed by atoms with Crippen molar-refractivity contribution in [3.8, 4) is 11.5 Å². The minimum atomic E-state index is -0.107. The molecule has 2 aromatic carbocycles. The van der Waals surface area contributed by atoms with Crippen LogP contribution in [0.1, 0.15) is 25.7 Å². The molecule has 21 heavy (non-hydrogen) atoms.